The van der Waals surface area contributed by atoms with Crippen LogP contribution in [0, 0.1) is 6.92 Å². The van der Waals surface area contributed by atoms with Gasteiger partial charge in [-0.1, -0.05) is 29.8 Å². The molecule has 0 saturated heterocycles. The molecule has 4 nitrogen and oxygen atoms in total. The number of benzene rings is 2. The number of amides is 1. The summed E-state index contributed by atoms with van der Waals surface area (Å²) in [4.78, 5) is 12.2. The zero-order valence-corrected chi connectivity index (χ0v) is 13.2. The van der Waals surface area contributed by atoms with Crippen molar-refractivity contribution in [3.05, 3.63) is 59.2 Å². The maximum absolute atomic E-state index is 12.2. The fourth-order valence-electron chi connectivity index (χ4n) is 2.07. The molecule has 1 amide bonds. The molecular weight excluding hydrogens is 278 g/mol. The molecule has 0 aliphatic carbocycles. The predicted molar refractivity (Wildman–Crippen MR) is 86.5 cm³/mol. The Kier molecular flexibility index (Phi) is 5.42. The molecule has 0 radical (unpaired) electrons. The Labute approximate surface area is 131 Å². The molecule has 0 aromatic heterocycles. The van der Waals surface area contributed by atoms with Gasteiger partial charge >= 0.3 is 0 Å². The predicted octanol–water partition coefficient (Wildman–Crippen LogP) is 3.33. The van der Waals surface area contributed by atoms with E-state index in [0.717, 1.165) is 5.56 Å². The Hall–Kier alpha value is -2.49. The molecular formula is C18H21NO3. The maximum Gasteiger partial charge on any atom is 0.251 e. The van der Waals surface area contributed by atoms with Crippen molar-refractivity contribution in [3.63, 3.8) is 0 Å². The monoisotopic (exact) mass is 299 g/mol. The highest BCUT2D eigenvalue weighted by molar-refractivity contribution is 5.94. The molecule has 0 spiro atoms. The highest BCUT2D eigenvalue weighted by Crippen LogP contribution is 2.28. The average Bonchev–Trinajstić information content (AvgIpc) is 2.54. The van der Waals surface area contributed by atoms with E-state index in [1.807, 2.05) is 38.1 Å². The van der Waals surface area contributed by atoms with Crippen molar-refractivity contribution in [2.24, 2.45) is 0 Å². The molecule has 0 heterocycles. The van der Waals surface area contributed by atoms with Crippen LogP contribution in [-0.4, -0.2) is 19.6 Å². The first-order valence-electron chi connectivity index (χ1n) is 7.28. The first-order chi connectivity index (χ1) is 10.6. The molecule has 4 heteroatoms. The fourth-order valence-corrected chi connectivity index (χ4v) is 2.07. The first kappa shape index (κ1) is 15.9. The van der Waals surface area contributed by atoms with E-state index >= 15 is 0 Å². The van der Waals surface area contributed by atoms with Gasteiger partial charge in [-0.05, 0) is 37.6 Å². The number of carbonyl (C=O) groups excluding carboxylic acids is 1. The summed E-state index contributed by atoms with van der Waals surface area (Å²) >= 11 is 0. The van der Waals surface area contributed by atoms with E-state index in [0.29, 0.717) is 30.2 Å². The van der Waals surface area contributed by atoms with Gasteiger partial charge in [0.05, 0.1) is 13.7 Å². The lowest BCUT2D eigenvalue weighted by Gasteiger charge is -2.11. The van der Waals surface area contributed by atoms with Crippen LogP contribution in [0.4, 0.5) is 0 Å². The Balaban J connectivity index is 2.04. The molecule has 2 aromatic carbocycles. The minimum Gasteiger partial charge on any atom is -0.493 e. The summed E-state index contributed by atoms with van der Waals surface area (Å²) in [7, 11) is 1.56. The summed E-state index contributed by atoms with van der Waals surface area (Å²) in [6.07, 6.45) is 0. The van der Waals surface area contributed by atoms with Crippen LogP contribution in [0.1, 0.15) is 28.4 Å². The number of carbonyl (C=O) groups is 1. The average molecular weight is 299 g/mol. The summed E-state index contributed by atoms with van der Waals surface area (Å²) in [5, 5.41) is 2.90. The van der Waals surface area contributed by atoms with Crippen LogP contribution in [0.15, 0.2) is 42.5 Å². The normalized spacial score (nSPS) is 10.1. The maximum atomic E-state index is 12.2. The molecule has 116 valence electrons. The van der Waals surface area contributed by atoms with Gasteiger partial charge in [0, 0.05) is 12.1 Å². The Morgan fingerprint density at radius 3 is 2.45 bits per heavy atom. The summed E-state index contributed by atoms with van der Waals surface area (Å²) < 4.78 is 10.7. The highest BCUT2D eigenvalue weighted by Gasteiger charge is 2.10. The van der Waals surface area contributed by atoms with Gasteiger partial charge in [-0.25, -0.2) is 0 Å². The Morgan fingerprint density at radius 1 is 1.09 bits per heavy atom. The third-order valence-electron chi connectivity index (χ3n) is 3.30. The molecule has 0 aliphatic rings. The SMILES string of the molecule is CCOc1ccc(C(=O)NCc2ccc(C)cc2)cc1OC. The second-order valence-electron chi connectivity index (χ2n) is 4.97. The smallest absolute Gasteiger partial charge is 0.251 e. The van der Waals surface area contributed by atoms with Crippen molar-refractivity contribution in [2.75, 3.05) is 13.7 Å². The number of aryl methyl sites for hydroxylation is 1. The van der Waals surface area contributed by atoms with Crippen molar-refractivity contribution in [2.45, 2.75) is 20.4 Å². The summed E-state index contributed by atoms with van der Waals surface area (Å²) in [6.45, 7) is 4.99. The minimum atomic E-state index is -0.137. The number of methoxy groups -OCH3 is 1. The summed E-state index contributed by atoms with van der Waals surface area (Å²) in [5.74, 6) is 1.06. The lowest BCUT2D eigenvalue weighted by atomic mass is 10.1. The van der Waals surface area contributed by atoms with Gasteiger partial charge in [0.15, 0.2) is 11.5 Å². The largest absolute Gasteiger partial charge is 0.493 e. The van der Waals surface area contributed by atoms with Crippen molar-refractivity contribution >= 4 is 5.91 Å². The number of hydrogen-bond acceptors (Lipinski definition) is 3. The van der Waals surface area contributed by atoms with E-state index in [-0.39, 0.29) is 5.91 Å². The van der Waals surface area contributed by atoms with E-state index in [1.54, 1.807) is 25.3 Å². The summed E-state index contributed by atoms with van der Waals surface area (Å²) in [6, 6.07) is 13.3. The molecule has 22 heavy (non-hydrogen) atoms. The van der Waals surface area contributed by atoms with Crippen molar-refractivity contribution in [3.8, 4) is 11.5 Å². The molecule has 0 aliphatic heterocycles. The number of nitrogens with one attached hydrogen (secondary N) is 1. The van der Waals surface area contributed by atoms with Crippen molar-refractivity contribution in [1.82, 2.24) is 5.32 Å². The van der Waals surface area contributed by atoms with Gasteiger partial charge < -0.3 is 14.8 Å². The van der Waals surface area contributed by atoms with E-state index in [4.69, 9.17) is 9.47 Å². The molecule has 0 saturated carbocycles. The van der Waals surface area contributed by atoms with Gasteiger partial charge in [0.25, 0.3) is 5.91 Å². The zero-order chi connectivity index (χ0) is 15.9. The summed E-state index contributed by atoms with van der Waals surface area (Å²) in [5.41, 5.74) is 2.82. The second-order valence-corrected chi connectivity index (χ2v) is 4.97. The molecule has 2 rings (SSSR count). The Bertz CT molecular complexity index is 635. The van der Waals surface area contributed by atoms with Gasteiger partial charge in [0.1, 0.15) is 0 Å². The highest BCUT2D eigenvalue weighted by atomic mass is 16.5. The van der Waals surface area contributed by atoms with Crippen LogP contribution in [0.3, 0.4) is 0 Å². The number of hydrogen-bond donors (Lipinski definition) is 1. The van der Waals surface area contributed by atoms with Crippen molar-refractivity contribution in [1.29, 1.82) is 0 Å². The fraction of sp³-hybridized carbons (Fsp3) is 0.278. The third-order valence-corrected chi connectivity index (χ3v) is 3.30. The van der Waals surface area contributed by atoms with Crippen LogP contribution in [0.25, 0.3) is 0 Å². The quantitative estimate of drug-likeness (QED) is 0.890. The van der Waals surface area contributed by atoms with Gasteiger partial charge in [-0.2, -0.15) is 0 Å². The van der Waals surface area contributed by atoms with Gasteiger partial charge in [-0.15, -0.1) is 0 Å². The van der Waals surface area contributed by atoms with E-state index in [9.17, 15) is 4.79 Å². The van der Waals surface area contributed by atoms with Gasteiger partial charge in [0.2, 0.25) is 0 Å². The van der Waals surface area contributed by atoms with Crippen LogP contribution in [0.5, 0.6) is 11.5 Å². The standard InChI is InChI=1S/C18H21NO3/c1-4-22-16-10-9-15(11-17(16)21-3)18(20)19-12-14-7-5-13(2)6-8-14/h5-11H,4,12H2,1-3H3,(H,19,20). The molecule has 0 atom stereocenters. The van der Waals surface area contributed by atoms with E-state index in [2.05, 4.69) is 5.32 Å². The molecule has 0 bridgehead atoms. The third kappa shape index (κ3) is 4.01. The van der Waals surface area contributed by atoms with Crippen LogP contribution < -0.4 is 14.8 Å². The van der Waals surface area contributed by atoms with Crippen LogP contribution in [0.2, 0.25) is 0 Å². The second kappa shape index (κ2) is 7.50. The molecule has 0 unspecified atom stereocenters. The van der Waals surface area contributed by atoms with Gasteiger partial charge in [-0.3, -0.25) is 4.79 Å². The number of ether oxygens (including phenoxy) is 2. The minimum absolute atomic E-state index is 0.137. The lowest BCUT2D eigenvalue weighted by Crippen LogP contribution is -2.22. The molecule has 1 N–H and O–H groups in total. The molecule has 2 aromatic rings. The molecule has 0 fully saturated rings. The topological polar surface area (TPSA) is 47.6 Å². The zero-order valence-electron chi connectivity index (χ0n) is 13.2. The van der Waals surface area contributed by atoms with Crippen LogP contribution >= 0.6 is 0 Å². The van der Waals surface area contributed by atoms with Crippen molar-refractivity contribution < 1.29 is 14.3 Å². The van der Waals surface area contributed by atoms with E-state index in [1.165, 1.54) is 5.56 Å². The van der Waals surface area contributed by atoms with E-state index < -0.39 is 0 Å². The number of rotatable bonds is 6. The Morgan fingerprint density at radius 2 is 1.82 bits per heavy atom. The van der Waals surface area contributed by atoms with Crippen LogP contribution in [-0.2, 0) is 6.54 Å². The first-order valence-corrected chi connectivity index (χ1v) is 7.28. The lowest BCUT2D eigenvalue weighted by molar-refractivity contribution is 0.0950.